The fourth-order valence-corrected chi connectivity index (χ4v) is 5.03. The van der Waals surface area contributed by atoms with E-state index >= 15 is 0 Å². The first-order valence-corrected chi connectivity index (χ1v) is 12.4. The zero-order valence-electron chi connectivity index (χ0n) is 19.2. The number of hydrogen-bond donors (Lipinski definition) is 1. The number of amides is 1. The number of carbonyl (C=O) groups is 1. The molecule has 184 valence electrons. The summed E-state index contributed by atoms with van der Waals surface area (Å²) < 4.78 is 38.6. The maximum atomic E-state index is 13.6. The van der Waals surface area contributed by atoms with Crippen LogP contribution in [0.4, 0.5) is 5.69 Å². The minimum atomic E-state index is -4.17. The summed E-state index contributed by atoms with van der Waals surface area (Å²) in [6.07, 6.45) is 1.29. The quantitative estimate of drug-likeness (QED) is 0.317. The van der Waals surface area contributed by atoms with E-state index in [0.29, 0.717) is 27.0 Å². The number of ether oxygens (including phenoxy) is 2. The molecule has 0 unspecified atom stereocenters. The van der Waals surface area contributed by atoms with Gasteiger partial charge < -0.3 is 9.47 Å². The van der Waals surface area contributed by atoms with Crippen LogP contribution >= 0.6 is 23.2 Å². The van der Waals surface area contributed by atoms with Gasteiger partial charge in [-0.1, -0.05) is 47.0 Å². The Hall–Kier alpha value is -3.27. The number of benzene rings is 3. The van der Waals surface area contributed by atoms with Crippen molar-refractivity contribution >= 4 is 51.0 Å². The molecule has 0 aliphatic rings. The number of rotatable bonds is 9. The van der Waals surface area contributed by atoms with Crippen molar-refractivity contribution in [1.82, 2.24) is 5.43 Å². The summed E-state index contributed by atoms with van der Waals surface area (Å²) in [5.74, 6) is -0.0594. The zero-order valence-corrected chi connectivity index (χ0v) is 21.5. The maximum absolute atomic E-state index is 13.6. The Bertz CT molecular complexity index is 1330. The fourth-order valence-electron chi connectivity index (χ4n) is 3.10. The number of methoxy groups -OCH3 is 2. The lowest BCUT2D eigenvalue weighted by Gasteiger charge is -2.24. The summed E-state index contributed by atoms with van der Waals surface area (Å²) in [5.41, 5.74) is 3.98. The minimum Gasteiger partial charge on any atom is -0.493 e. The summed E-state index contributed by atoms with van der Waals surface area (Å²) >= 11 is 12.2. The molecule has 3 rings (SSSR count). The third-order valence-electron chi connectivity index (χ3n) is 4.93. The molecule has 0 fully saturated rings. The summed E-state index contributed by atoms with van der Waals surface area (Å²) in [5, 5.41) is 4.59. The second-order valence-electron chi connectivity index (χ2n) is 7.29. The van der Waals surface area contributed by atoms with Crippen LogP contribution in [0.15, 0.2) is 70.7 Å². The van der Waals surface area contributed by atoms with E-state index in [0.717, 1.165) is 9.87 Å². The Morgan fingerprint density at radius 1 is 1.00 bits per heavy atom. The second kappa shape index (κ2) is 11.4. The van der Waals surface area contributed by atoms with E-state index in [1.165, 1.54) is 38.6 Å². The van der Waals surface area contributed by atoms with Gasteiger partial charge in [0.1, 0.15) is 6.54 Å². The van der Waals surface area contributed by atoms with Gasteiger partial charge in [0, 0.05) is 11.6 Å². The smallest absolute Gasteiger partial charge is 0.264 e. The van der Waals surface area contributed by atoms with E-state index in [9.17, 15) is 13.2 Å². The van der Waals surface area contributed by atoms with Gasteiger partial charge in [-0.25, -0.2) is 13.8 Å². The van der Waals surface area contributed by atoms with Gasteiger partial charge in [-0.3, -0.25) is 9.10 Å². The van der Waals surface area contributed by atoms with Crippen LogP contribution in [0.2, 0.25) is 10.0 Å². The number of nitrogens with one attached hydrogen (secondary N) is 1. The molecule has 0 atom stereocenters. The number of anilines is 1. The number of hydrogen-bond acceptors (Lipinski definition) is 6. The summed E-state index contributed by atoms with van der Waals surface area (Å²) in [6, 6.07) is 15.9. The number of aryl methyl sites for hydroxylation is 1. The molecular formula is C24H23Cl2N3O5S. The van der Waals surface area contributed by atoms with Crippen molar-refractivity contribution in [2.45, 2.75) is 11.8 Å². The lowest BCUT2D eigenvalue weighted by molar-refractivity contribution is -0.119. The molecule has 35 heavy (non-hydrogen) atoms. The van der Waals surface area contributed by atoms with E-state index in [2.05, 4.69) is 10.5 Å². The molecule has 0 spiro atoms. The van der Waals surface area contributed by atoms with Gasteiger partial charge in [0.2, 0.25) is 0 Å². The Kier molecular flexibility index (Phi) is 8.61. The molecule has 0 saturated carbocycles. The number of hydrazone groups is 1. The molecule has 11 heteroatoms. The highest BCUT2D eigenvalue weighted by molar-refractivity contribution is 7.92. The summed E-state index contributed by atoms with van der Waals surface area (Å²) in [6.45, 7) is 1.34. The first-order valence-electron chi connectivity index (χ1n) is 10.2. The number of halogens is 2. The third-order valence-corrected chi connectivity index (χ3v) is 7.36. The van der Waals surface area contributed by atoms with Gasteiger partial charge in [0.25, 0.3) is 15.9 Å². The van der Waals surface area contributed by atoms with Crippen molar-refractivity contribution in [2.75, 3.05) is 25.1 Å². The first kappa shape index (κ1) is 26.3. The highest BCUT2D eigenvalue weighted by Gasteiger charge is 2.28. The molecule has 0 aromatic heterocycles. The highest BCUT2D eigenvalue weighted by Crippen LogP contribution is 2.32. The molecule has 0 radical (unpaired) electrons. The van der Waals surface area contributed by atoms with Crippen LogP contribution in [0, 0.1) is 6.92 Å². The molecule has 1 amide bonds. The van der Waals surface area contributed by atoms with Crippen LogP contribution in [0.3, 0.4) is 0 Å². The molecule has 0 aliphatic heterocycles. The fraction of sp³-hybridized carbons (Fsp3) is 0.167. The highest BCUT2D eigenvalue weighted by atomic mass is 35.5. The lowest BCUT2D eigenvalue weighted by Crippen LogP contribution is -2.39. The van der Waals surface area contributed by atoms with E-state index in [4.69, 9.17) is 32.7 Å². The third kappa shape index (κ3) is 6.25. The minimum absolute atomic E-state index is 0.0742. The average Bonchev–Trinajstić information content (AvgIpc) is 2.84. The molecule has 0 saturated heterocycles. The van der Waals surface area contributed by atoms with Crippen molar-refractivity contribution in [2.24, 2.45) is 5.10 Å². The molecule has 3 aromatic rings. The largest absolute Gasteiger partial charge is 0.493 e. The average molecular weight is 536 g/mol. The summed E-state index contributed by atoms with van der Waals surface area (Å²) in [7, 11) is -1.31. The molecule has 0 aliphatic carbocycles. The monoisotopic (exact) mass is 535 g/mol. The van der Waals surface area contributed by atoms with E-state index in [-0.39, 0.29) is 10.6 Å². The Morgan fingerprint density at radius 2 is 1.63 bits per heavy atom. The first-order chi connectivity index (χ1) is 16.7. The zero-order chi connectivity index (χ0) is 25.6. The van der Waals surface area contributed by atoms with Crippen LogP contribution in [0.25, 0.3) is 0 Å². The van der Waals surface area contributed by atoms with Crippen LogP contribution in [-0.2, 0) is 14.8 Å². The van der Waals surface area contributed by atoms with E-state index < -0.39 is 22.5 Å². The summed E-state index contributed by atoms with van der Waals surface area (Å²) in [4.78, 5) is 12.6. The predicted molar refractivity (Wildman–Crippen MR) is 137 cm³/mol. The van der Waals surface area contributed by atoms with Crippen molar-refractivity contribution in [3.63, 3.8) is 0 Å². The van der Waals surface area contributed by atoms with Crippen molar-refractivity contribution < 1.29 is 22.7 Å². The molecular weight excluding hydrogens is 513 g/mol. The molecule has 8 nitrogen and oxygen atoms in total. The van der Waals surface area contributed by atoms with Crippen LogP contribution in [0.1, 0.15) is 11.1 Å². The van der Waals surface area contributed by atoms with Gasteiger partial charge in [0.05, 0.1) is 41.1 Å². The number of carbonyl (C=O) groups excluding carboxylic acids is 1. The number of sulfonamides is 1. The molecule has 0 bridgehead atoms. The second-order valence-corrected chi connectivity index (χ2v) is 9.97. The standard InChI is InChI=1S/C24H23Cl2N3O5S/c1-16-7-9-17(10-8-16)29(35(31,32)18-11-12-22(33-2)23(13-18)34-3)15-24(30)28-27-14-19-20(25)5-4-6-21(19)26/h4-14H,15H2,1-3H3,(H,28,30)/b27-14-. The van der Waals surface area contributed by atoms with E-state index in [1.807, 2.05) is 6.92 Å². The van der Waals surface area contributed by atoms with Crippen molar-refractivity contribution in [3.05, 3.63) is 81.8 Å². The van der Waals surface area contributed by atoms with Crippen molar-refractivity contribution in [1.29, 1.82) is 0 Å². The van der Waals surface area contributed by atoms with Crippen LogP contribution < -0.4 is 19.2 Å². The lowest BCUT2D eigenvalue weighted by atomic mass is 10.2. The Balaban J connectivity index is 1.91. The van der Waals surface area contributed by atoms with Crippen LogP contribution in [0.5, 0.6) is 11.5 Å². The van der Waals surface area contributed by atoms with Crippen molar-refractivity contribution in [3.8, 4) is 11.5 Å². The van der Waals surface area contributed by atoms with Gasteiger partial charge in [-0.2, -0.15) is 5.10 Å². The number of nitrogens with zero attached hydrogens (tertiary/aromatic N) is 2. The molecule has 3 aromatic carbocycles. The normalized spacial score (nSPS) is 11.3. The van der Waals surface area contributed by atoms with Gasteiger partial charge >= 0.3 is 0 Å². The van der Waals surface area contributed by atoms with Gasteiger partial charge in [-0.05, 0) is 43.3 Å². The predicted octanol–water partition coefficient (Wildman–Crippen LogP) is 4.66. The Labute approximate surface area is 214 Å². The SMILES string of the molecule is COc1ccc(S(=O)(=O)N(CC(=O)N/N=C\c2c(Cl)cccc2Cl)c2ccc(C)cc2)cc1OC. The van der Waals surface area contributed by atoms with E-state index in [1.54, 1.807) is 42.5 Å². The maximum Gasteiger partial charge on any atom is 0.264 e. The Morgan fingerprint density at radius 3 is 2.23 bits per heavy atom. The van der Waals surface area contributed by atoms with Gasteiger partial charge in [-0.15, -0.1) is 0 Å². The molecule has 0 heterocycles. The molecule has 1 N–H and O–H groups in total. The van der Waals surface area contributed by atoms with Crippen LogP contribution in [-0.4, -0.2) is 41.3 Å². The topological polar surface area (TPSA) is 97.3 Å². The van der Waals surface area contributed by atoms with Gasteiger partial charge in [0.15, 0.2) is 11.5 Å².